The maximum Gasteiger partial charge on any atom is 0.138 e. The van der Waals surface area contributed by atoms with Gasteiger partial charge in [-0.3, -0.25) is 4.68 Å². The molecule has 3 nitrogen and oxygen atoms in total. The van der Waals surface area contributed by atoms with E-state index in [0.717, 1.165) is 0 Å². The van der Waals surface area contributed by atoms with Crippen LogP contribution in [-0.2, 0) is 6.54 Å². The predicted octanol–water partition coefficient (Wildman–Crippen LogP) is 1.50. The quantitative estimate of drug-likeness (QED) is 0.669. The van der Waals surface area contributed by atoms with E-state index in [1.165, 1.54) is 24.7 Å². The molecule has 0 radical (unpaired) electrons. The van der Waals surface area contributed by atoms with E-state index in [-0.39, 0.29) is 6.54 Å². The minimum atomic E-state index is -1.34. The summed E-state index contributed by atoms with van der Waals surface area (Å²) in [6.07, 6.45) is 1.49. The zero-order valence-corrected chi connectivity index (χ0v) is 7.08. The Hall–Kier alpha value is -1.37. The van der Waals surface area contributed by atoms with Crippen LogP contribution in [0, 0.1) is 11.3 Å². The Balaban J connectivity index is 2.84. The molecule has 0 saturated heterocycles. The number of halogens is 1. The summed E-state index contributed by atoms with van der Waals surface area (Å²) in [5.74, 6) is 0. The van der Waals surface area contributed by atoms with Crippen LogP contribution in [0.4, 0.5) is 4.39 Å². The predicted molar refractivity (Wildman–Crippen MR) is 42.1 cm³/mol. The number of rotatable bonds is 2. The van der Waals surface area contributed by atoms with Gasteiger partial charge in [0.15, 0.2) is 0 Å². The van der Waals surface area contributed by atoms with Gasteiger partial charge in [-0.25, -0.2) is 4.39 Å². The monoisotopic (exact) mass is 167 g/mol. The van der Waals surface area contributed by atoms with E-state index < -0.39 is 5.67 Å². The van der Waals surface area contributed by atoms with E-state index in [2.05, 4.69) is 5.10 Å². The maximum atomic E-state index is 13.1. The highest BCUT2D eigenvalue weighted by molar-refractivity contribution is 5.18. The molecule has 64 valence electrons. The first-order valence-electron chi connectivity index (χ1n) is 3.64. The minimum absolute atomic E-state index is 0.114. The fraction of sp³-hybridized carbons (Fsp3) is 0.500. The van der Waals surface area contributed by atoms with Gasteiger partial charge in [0.1, 0.15) is 17.4 Å². The summed E-state index contributed by atoms with van der Waals surface area (Å²) < 4.78 is 14.5. The molecule has 1 aromatic rings. The normalized spacial score (nSPS) is 11.2. The Kier molecular flexibility index (Phi) is 2.13. The number of alkyl halides is 1. The number of nitrogens with zero attached hydrogens (tertiary/aromatic N) is 3. The van der Waals surface area contributed by atoms with Crippen molar-refractivity contribution in [2.75, 3.05) is 0 Å². The first-order chi connectivity index (χ1) is 5.53. The van der Waals surface area contributed by atoms with Gasteiger partial charge in [0.25, 0.3) is 0 Å². The molecule has 4 heteroatoms. The van der Waals surface area contributed by atoms with Crippen LogP contribution in [-0.4, -0.2) is 15.4 Å². The van der Waals surface area contributed by atoms with E-state index in [9.17, 15) is 4.39 Å². The van der Waals surface area contributed by atoms with Crippen molar-refractivity contribution in [1.29, 1.82) is 5.26 Å². The minimum Gasteiger partial charge on any atom is -0.252 e. The molecule has 0 aliphatic rings. The zero-order chi connectivity index (χ0) is 9.19. The molecule has 0 N–H and O–H groups in total. The van der Waals surface area contributed by atoms with Crippen LogP contribution >= 0.6 is 0 Å². The third kappa shape index (κ3) is 2.06. The van der Waals surface area contributed by atoms with Gasteiger partial charge in [0, 0.05) is 0 Å². The zero-order valence-electron chi connectivity index (χ0n) is 7.08. The first-order valence-corrected chi connectivity index (χ1v) is 3.64. The molecule has 0 fully saturated rings. The SMILES string of the molecule is CC(C)(F)Cn1nccc1C#N. The second-order valence-corrected chi connectivity index (χ2v) is 3.20. The molecule has 0 saturated carbocycles. The smallest absolute Gasteiger partial charge is 0.138 e. The highest BCUT2D eigenvalue weighted by Crippen LogP contribution is 2.12. The molecule has 0 unspecified atom stereocenters. The van der Waals surface area contributed by atoms with E-state index in [1.54, 1.807) is 6.07 Å². The van der Waals surface area contributed by atoms with Crippen molar-refractivity contribution < 1.29 is 4.39 Å². The maximum absolute atomic E-state index is 13.1. The average molecular weight is 167 g/mol. The summed E-state index contributed by atoms with van der Waals surface area (Å²) in [6.45, 7) is 3.02. The van der Waals surface area contributed by atoms with Crippen molar-refractivity contribution in [3.63, 3.8) is 0 Å². The summed E-state index contributed by atoms with van der Waals surface area (Å²) in [7, 11) is 0. The van der Waals surface area contributed by atoms with Crippen LogP contribution in [0.2, 0.25) is 0 Å². The molecule has 0 bridgehead atoms. The van der Waals surface area contributed by atoms with Crippen molar-refractivity contribution in [3.8, 4) is 6.07 Å². The van der Waals surface area contributed by atoms with Crippen molar-refractivity contribution in [2.24, 2.45) is 0 Å². The van der Waals surface area contributed by atoms with E-state index in [1.807, 2.05) is 6.07 Å². The molecule has 0 aromatic carbocycles. The van der Waals surface area contributed by atoms with Gasteiger partial charge in [0.05, 0.1) is 12.7 Å². The molecule has 0 aliphatic heterocycles. The Labute approximate surface area is 70.4 Å². The van der Waals surface area contributed by atoms with E-state index >= 15 is 0 Å². The Bertz CT molecular complexity index is 303. The van der Waals surface area contributed by atoms with Crippen molar-refractivity contribution in [1.82, 2.24) is 9.78 Å². The highest BCUT2D eigenvalue weighted by Gasteiger charge is 2.18. The van der Waals surface area contributed by atoms with Crippen LogP contribution in [0.3, 0.4) is 0 Å². The Morgan fingerprint density at radius 2 is 2.42 bits per heavy atom. The van der Waals surface area contributed by atoms with Crippen LogP contribution in [0.15, 0.2) is 12.3 Å². The third-order valence-corrected chi connectivity index (χ3v) is 1.36. The summed E-state index contributed by atoms with van der Waals surface area (Å²) in [6, 6.07) is 3.49. The van der Waals surface area contributed by atoms with Crippen LogP contribution in [0.5, 0.6) is 0 Å². The second kappa shape index (κ2) is 2.94. The Morgan fingerprint density at radius 3 is 2.92 bits per heavy atom. The lowest BCUT2D eigenvalue weighted by molar-refractivity contribution is 0.179. The fourth-order valence-corrected chi connectivity index (χ4v) is 0.910. The molecular weight excluding hydrogens is 157 g/mol. The molecule has 1 aromatic heterocycles. The standard InChI is InChI=1S/C8H10FN3/c1-8(2,9)6-12-7(5-10)3-4-11-12/h3-4H,6H2,1-2H3. The molecule has 0 amide bonds. The molecular formula is C8H10FN3. The van der Waals surface area contributed by atoms with Gasteiger partial charge in [-0.1, -0.05) is 0 Å². The molecule has 12 heavy (non-hydrogen) atoms. The largest absolute Gasteiger partial charge is 0.252 e. The van der Waals surface area contributed by atoms with Gasteiger partial charge < -0.3 is 0 Å². The summed E-state index contributed by atoms with van der Waals surface area (Å²) in [4.78, 5) is 0. The Morgan fingerprint density at radius 1 is 1.75 bits per heavy atom. The topological polar surface area (TPSA) is 41.6 Å². The molecule has 1 rings (SSSR count). The van der Waals surface area contributed by atoms with Gasteiger partial charge >= 0.3 is 0 Å². The lowest BCUT2D eigenvalue weighted by Crippen LogP contribution is -2.22. The molecule has 0 spiro atoms. The second-order valence-electron chi connectivity index (χ2n) is 3.20. The van der Waals surface area contributed by atoms with E-state index in [4.69, 9.17) is 5.26 Å². The number of hydrogen-bond donors (Lipinski definition) is 0. The highest BCUT2D eigenvalue weighted by atomic mass is 19.1. The van der Waals surface area contributed by atoms with Gasteiger partial charge in [-0.05, 0) is 19.9 Å². The molecule has 0 atom stereocenters. The van der Waals surface area contributed by atoms with Gasteiger partial charge in [-0.15, -0.1) is 0 Å². The lowest BCUT2D eigenvalue weighted by Gasteiger charge is -2.13. The number of aromatic nitrogens is 2. The van der Waals surface area contributed by atoms with Crippen molar-refractivity contribution in [2.45, 2.75) is 26.1 Å². The number of nitriles is 1. The van der Waals surface area contributed by atoms with Crippen molar-refractivity contribution >= 4 is 0 Å². The molecule has 0 aliphatic carbocycles. The summed E-state index contributed by atoms with van der Waals surface area (Å²) >= 11 is 0. The summed E-state index contributed by atoms with van der Waals surface area (Å²) in [5, 5.41) is 12.4. The average Bonchev–Trinajstić information content (AvgIpc) is 2.31. The van der Waals surface area contributed by atoms with Crippen LogP contribution < -0.4 is 0 Å². The first kappa shape index (κ1) is 8.72. The molecule has 1 heterocycles. The van der Waals surface area contributed by atoms with Gasteiger partial charge in [0.2, 0.25) is 0 Å². The lowest BCUT2D eigenvalue weighted by atomic mass is 10.2. The fourth-order valence-electron chi connectivity index (χ4n) is 0.910. The van der Waals surface area contributed by atoms with Crippen LogP contribution in [0.1, 0.15) is 19.5 Å². The van der Waals surface area contributed by atoms with Crippen LogP contribution in [0.25, 0.3) is 0 Å². The summed E-state index contributed by atoms with van der Waals surface area (Å²) in [5.41, 5.74) is -0.946. The van der Waals surface area contributed by atoms with Crippen molar-refractivity contribution in [3.05, 3.63) is 18.0 Å². The third-order valence-electron chi connectivity index (χ3n) is 1.36. The van der Waals surface area contributed by atoms with E-state index in [0.29, 0.717) is 5.69 Å². The number of hydrogen-bond acceptors (Lipinski definition) is 2. The van der Waals surface area contributed by atoms with Gasteiger partial charge in [-0.2, -0.15) is 10.4 Å².